The van der Waals surface area contributed by atoms with Crippen LogP contribution in [0.15, 0.2) is 24.7 Å². The highest BCUT2D eigenvalue weighted by atomic mass is 127. The lowest BCUT2D eigenvalue weighted by atomic mass is 10.5. The first-order valence-corrected chi connectivity index (χ1v) is 8.61. The van der Waals surface area contributed by atoms with Crippen molar-refractivity contribution >= 4 is 30.9 Å². The fourth-order valence-electron chi connectivity index (χ4n) is 0.588. The Morgan fingerprint density at radius 2 is 2.08 bits per heavy atom. The van der Waals surface area contributed by atoms with Gasteiger partial charge < -0.3 is 9.16 Å². The molecule has 0 aromatic carbocycles. The first-order valence-electron chi connectivity index (χ1n) is 3.68. The third-order valence-corrected chi connectivity index (χ3v) is 2.08. The molecule has 0 N–H and O–H groups in total. The second-order valence-electron chi connectivity index (χ2n) is 3.26. The molecule has 0 saturated heterocycles. The molecule has 2 nitrogen and oxygen atoms in total. The van der Waals surface area contributed by atoms with Crippen LogP contribution < -0.4 is 0 Å². The van der Waals surface area contributed by atoms with Gasteiger partial charge in [0.1, 0.15) is 4.61 Å². The van der Waals surface area contributed by atoms with Gasteiger partial charge in [-0.3, -0.25) is 0 Å². The van der Waals surface area contributed by atoms with Crippen LogP contribution in [0.4, 0.5) is 0 Å². The highest BCUT2D eigenvalue weighted by Crippen LogP contribution is 2.09. The molecule has 0 spiro atoms. The highest BCUT2D eigenvalue weighted by molar-refractivity contribution is 14.1. The molecule has 4 heteroatoms. The molecule has 0 bridgehead atoms. The summed E-state index contributed by atoms with van der Waals surface area (Å²) in [5.74, 6) is 0.680. The zero-order valence-electron chi connectivity index (χ0n) is 7.76. The summed E-state index contributed by atoms with van der Waals surface area (Å²) in [5.41, 5.74) is 0. The summed E-state index contributed by atoms with van der Waals surface area (Å²) in [7, 11) is -1.49. The van der Waals surface area contributed by atoms with Crippen molar-refractivity contribution in [3.8, 4) is 0 Å². The van der Waals surface area contributed by atoms with Gasteiger partial charge in [-0.2, -0.15) is 0 Å². The number of rotatable bonds is 5. The molecule has 0 aromatic heterocycles. The first kappa shape index (κ1) is 12.0. The molecule has 0 fully saturated rings. The summed E-state index contributed by atoms with van der Waals surface area (Å²) in [4.78, 5) is 0. The summed E-state index contributed by atoms with van der Waals surface area (Å²) in [6.07, 6.45) is 3.35. The SMILES string of the molecule is C=C(C=COCI)O[Si](C)(C)C. The molecular formula is C8H15IO2Si. The van der Waals surface area contributed by atoms with Gasteiger partial charge in [0.2, 0.25) is 8.32 Å². The fourth-order valence-corrected chi connectivity index (χ4v) is 1.65. The molecule has 0 aliphatic carbocycles. The van der Waals surface area contributed by atoms with Crippen LogP contribution >= 0.6 is 22.6 Å². The Balaban J connectivity index is 3.75. The Bertz CT molecular complexity index is 172. The van der Waals surface area contributed by atoms with Crippen molar-refractivity contribution in [1.29, 1.82) is 0 Å². The second-order valence-corrected chi connectivity index (χ2v) is 8.31. The van der Waals surface area contributed by atoms with Crippen LogP contribution in [0.1, 0.15) is 0 Å². The van der Waals surface area contributed by atoms with Crippen molar-refractivity contribution in [2.45, 2.75) is 19.6 Å². The first-order chi connectivity index (χ1) is 5.45. The van der Waals surface area contributed by atoms with Crippen molar-refractivity contribution in [2.75, 3.05) is 4.61 Å². The molecular weight excluding hydrogens is 283 g/mol. The number of hydrogen-bond acceptors (Lipinski definition) is 2. The lowest BCUT2D eigenvalue weighted by Crippen LogP contribution is -2.24. The summed E-state index contributed by atoms with van der Waals surface area (Å²) >= 11 is 2.13. The third kappa shape index (κ3) is 8.13. The van der Waals surface area contributed by atoms with Crippen molar-refractivity contribution in [2.24, 2.45) is 0 Å². The van der Waals surface area contributed by atoms with Gasteiger partial charge >= 0.3 is 0 Å². The van der Waals surface area contributed by atoms with Crippen molar-refractivity contribution in [1.82, 2.24) is 0 Å². The lowest BCUT2D eigenvalue weighted by Gasteiger charge is -2.18. The van der Waals surface area contributed by atoms with E-state index in [4.69, 9.17) is 9.16 Å². The fraction of sp³-hybridized carbons (Fsp3) is 0.500. The normalized spacial score (nSPS) is 11.7. The van der Waals surface area contributed by atoms with Crippen LogP contribution in [0.3, 0.4) is 0 Å². The number of ether oxygens (including phenoxy) is 1. The highest BCUT2D eigenvalue weighted by Gasteiger charge is 2.15. The van der Waals surface area contributed by atoms with E-state index in [9.17, 15) is 0 Å². The van der Waals surface area contributed by atoms with Gasteiger partial charge in [-0.15, -0.1) is 0 Å². The van der Waals surface area contributed by atoms with Gasteiger partial charge in [0.15, 0.2) is 0 Å². The Morgan fingerprint density at radius 3 is 2.50 bits per heavy atom. The van der Waals surface area contributed by atoms with E-state index in [2.05, 4.69) is 48.8 Å². The van der Waals surface area contributed by atoms with Crippen LogP contribution in [0.25, 0.3) is 0 Å². The van der Waals surface area contributed by atoms with E-state index in [1.807, 2.05) is 0 Å². The van der Waals surface area contributed by atoms with Crippen molar-refractivity contribution < 1.29 is 9.16 Å². The minimum atomic E-state index is -1.49. The van der Waals surface area contributed by atoms with Gasteiger partial charge in [-0.05, 0) is 42.2 Å². The molecule has 0 aliphatic rings. The molecule has 70 valence electrons. The van der Waals surface area contributed by atoms with Crippen molar-refractivity contribution in [3.63, 3.8) is 0 Å². The molecule has 0 atom stereocenters. The van der Waals surface area contributed by atoms with Crippen LogP contribution in [0.5, 0.6) is 0 Å². The predicted octanol–water partition coefficient (Wildman–Crippen LogP) is 3.27. The summed E-state index contributed by atoms with van der Waals surface area (Å²) in [6.45, 7) is 10.1. The molecule has 12 heavy (non-hydrogen) atoms. The van der Waals surface area contributed by atoms with Gasteiger partial charge in [0, 0.05) is 6.08 Å². The standard InChI is InChI=1S/C8H15IO2Si/c1-8(5-6-10-7-9)11-12(2,3)4/h5-6H,1,7H2,2-4H3. The topological polar surface area (TPSA) is 18.5 Å². The predicted molar refractivity (Wildman–Crippen MR) is 62.7 cm³/mol. The zero-order chi connectivity index (χ0) is 9.61. The quantitative estimate of drug-likeness (QED) is 0.255. The summed E-state index contributed by atoms with van der Waals surface area (Å²) < 4.78 is 11.2. The average Bonchev–Trinajstić information content (AvgIpc) is 1.84. The van der Waals surface area contributed by atoms with E-state index in [-0.39, 0.29) is 0 Å². The van der Waals surface area contributed by atoms with Crippen LogP contribution in [-0.2, 0) is 9.16 Å². The Labute approximate surface area is 88.9 Å². The smallest absolute Gasteiger partial charge is 0.242 e. The molecule has 0 saturated carbocycles. The molecule has 0 rings (SSSR count). The molecule has 0 aliphatic heterocycles. The minimum Gasteiger partial charge on any atom is -0.545 e. The monoisotopic (exact) mass is 298 g/mol. The average molecular weight is 298 g/mol. The molecule has 0 unspecified atom stereocenters. The number of halogens is 1. The van der Waals surface area contributed by atoms with Gasteiger partial charge in [0.25, 0.3) is 0 Å². The Kier molecular flexibility index (Phi) is 5.65. The molecule has 0 heterocycles. The number of alkyl halides is 1. The lowest BCUT2D eigenvalue weighted by molar-refractivity contribution is 0.324. The molecule has 0 aromatic rings. The van der Waals surface area contributed by atoms with E-state index in [0.717, 1.165) is 0 Å². The van der Waals surface area contributed by atoms with Gasteiger partial charge in [-0.25, -0.2) is 0 Å². The van der Waals surface area contributed by atoms with E-state index in [1.165, 1.54) is 0 Å². The zero-order valence-corrected chi connectivity index (χ0v) is 10.9. The number of allylic oxidation sites excluding steroid dienone is 1. The van der Waals surface area contributed by atoms with Gasteiger partial charge in [-0.1, -0.05) is 6.58 Å². The summed E-state index contributed by atoms with van der Waals surface area (Å²) in [5, 5.41) is 0. The van der Waals surface area contributed by atoms with E-state index in [0.29, 0.717) is 10.4 Å². The Hall–Kier alpha value is 0.0269. The third-order valence-electron chi connectivity index (χ3n) is 0.850. The Morgan fingerprint density at radius 1 is 1.50 bits per heavy atom. The molecule has 0 radical (unpaired) electrons. The molecule has 0 amide bonds. The largest absolute Gasteiger partial charge is 0.545 e. The van der Waals surface area contributed by atoms with Crippen LogP contribution in [0.2, 0.25) is 19.6 Å². The second kappa shape index (κ2) is 5.63. The maximum absolute atomic E-state index is 5.56. The van der Waals surface area contributed by atoms with Gasteiger partial charge in [0.05, 0.1) is 12.0 Å². The number of hydrogen-bond donors (Lipinski definition) is 0. The maximum atomic E-state index is 5.56. The minimum absolute atomic E-state index is 0.647. The summed E-state index contributed by atoms with van der Waals surface area (Å²) in [6, 6.07) is 0. The van der Waals surface area contributed by atoms with Crippen molar-refractivity contribution in [3.05, 3.63) is 24.7 Å². The van der Waals surface area contributed by atoms with Crippen LogP contribution in [-0.4, -0.2) is 12.9 Å². The van der Waals surface area contributed by atoms with E-state index < -0.39 is 8.32 Å². The van der Waals surface area contributed by atoms with E-state index >= 15 is 0 Å². The van der Waals surface area contributed by atoms with E-state index in [1.54, 1.807) is 12.3 Å². The van der Waals surface area contributed by atoms with Crippen LogP contribution in [0, 0.1) is 0 Å². The maximum Gasteiger partial charge on any atom is 0.242 e.